The van der Waals surface area contributed by atoms with E-state index in [9.17, 15) is 0 Å². The molecule has 4 aliphatic rings. The molecule has 0 aromatic rings. The molecule has 7 heteroatoms. The van der Waals surface area contributed by atoms with E-state index in [-0.39, 0.29) is 5.41 Å². The van der Waals surface area contributed by atoms with E-state index >= 15 is 0 Å². The van der Waals surface area contributed by atoms with E-state index in [4.69, 9.17) is 31.4 Å². The fourth-order valence-electron chi connectivity index (χ4n) is 13.3. The van der Waals surface area contributed by atoms with Gasteiger partial charge < -0.3 is 36.7 Å². The van der Waals surface area contributed by atoms with Gasteiger partial charge in [-0.25, -0.2) is 0 Å². The number of fused-ring (bicyclic) bond motifs is 5. The third kappa shape index (κ3) is 14.9. The molecule has 0 aromatic carbocycles. The Morgan fingerprint density at radius 2 is 1.14 bits per heavy atom. The Kier molecular flexibility index (Phi) is 24.7. The number of nitrogens with one attached hydrogen (secondary N) is 1. The first-order chi connectivity index (χ1) is 28.3. The minimum absolute atomic E-state index is 0.178. The van der Waals surface area contributed by atoms with Crippen LogP contribution in [0.3, 0.4) is 0 Å². The van der Waals surface area contributed by atoms with Gasteiger partial charge in [-0.15, -0.1) is 0 Å². The summed E-state index contributed by atoms with van der Waals surface area (Å²) in [5.74, 6) is 3.91. The highest BCUT2D eigenvalue weighted by atomic mass is 16.5. The standard InChI is InChI=1S/C51H100N4O3/c1-5-6-7-8-9-10-11-12-13-14-15-16-17-18-19-20-33-55-34-21-25-41(2)44-26-27-45-49-46(40-48(51(44,45)4)58-37-24-32-54)50(3)29-28-43(56-35-22-30-52)38-42(50)39-47(49)57-36-23-31-53/h41-49,55H,5-40,52-54H2,1-4H3/t41?,42?,43-,44?,45+,46+,47-,48+,49?,50+,51-/m1/s1. The Morgan fingerprint density at radius 1 is 0.586 bits per heavy atom. The van der Waals surface area contributed by atoms with Gasteiger partial charge >= 0.3 is 0 Å². The number of unbranched alkanes of at least 4 members (excludes halogenated alkanes) is 15. The van der Waals surface area contributed by atoms with Crippen molar-refractivity contribution in [1.29, 1.82) is 0 Å². The van der Waals surface area contributed by atoms with E-state index in [1.807, 2.05) is 0 Å². The van der Waals surface area contributed by atoms with Crippen LogP contribution in [0.2, 0.25) is 0 Å². The summed E-state index contributed by atoms with van der Waals surface area (Å²) in [5.41, 5.74) is 18.4. The molecule has 4 fully saturated rings. The van der Waals surface area contributed by atoms with Crippen LogP contribution in [-0.4, -0.2) is 70.9 Å². The summed E-state index contributed by atoms with van der Waals surface area (Å²) < 4.78 is 20.5. The lowest BCUT2D eigenvalue weighted by molar-refractivity contribution is -0.227. The molecular formula is C51H100N4O3. The van der Waals surface area contributed by atoms with E-state index in [0.717, 1.165) is 52.0 Å². The molecule has 0 aromatic heterocycles. The van der Waals surface area contributed by atoms with Crippen molar-refractivity contribution in [2.24, 2.45) is 63.5 Å². The molecule has 58 heavy (non-hydrogen) atoms. The lowest BCUT2D eigenvalue weighted by Crippen LogP contribution is -2.63. The summed E-state index contributed by atoms with van der Waals surface area (Å²) in [6, 6.07) is 0. The van der Waals surface area contributed by atoms with Crippen molar-refractivity contribution in [2.45, 2.75) is 226 Å². The molecule has 0 amide bonds. The van der Waals surface area contributed by atoms with Gasteiger partial charge in [-0.1, -0.05) is 124 Å². The van der Waals surface area contributed by atoms with Gasteiger partial charge in [-0.2, -0.15) is 0 Å². The van der Waals surface area contributed by atoms with Crippen LogP contribution in [0.5, 0.6) is 0 Å². The smallest absolute Gasteiger partial charge is 0.0637 e. The van der Waals surface area contributed by atoms with Crippen molar-refractivity contribution < 1.29 is 14.2 Å². The van der Waals surface area contributed by atoms with Crippen LogP contribution in [0.15, 0.2) is 0 Å². The maximum atomic E-state index is 7.08. The van der Waals surface area contributed by atoms with Crippen molar-refractivity contribution >= 4 is 0 Å². The Balaban J connectivity index is 1.22. The molecule has 0 saturated heterocycles. The number of hydrogen-bond acceptors (Lipinski definition) is 7. The lowest BCUT2D eigenvalue weighted by atomic mass is 9.43. The first-order valence-corrected chi connectivity index (χ1v) is 26.0. The van der Waals surface area contributed by atoms with Gasteiger partial charge in [0, 0.05) is 25.2 Å². The van der Waals surface area contributed by atoms with Crippen molar-refractivity contribution in [1.82, 2.24) is 5.32 Å². The molecule has 342 valence electrons. The maximum absolute atomic E-state index is 7.08. The van der Waals surface area contributed by atoms with Crippen molar-refractivity contribution in [3.8, 4) is 0 Å². The average Bonchev–Trinajstić information content (AvgIpc) is 3.58. The highest BCUT2D eigenvalue weighted by Gasteiger charge is 2.66. The molecule has 7 nitrogen and oxygen atoms in total. The predicted octanol–water partition coefficient (Wildman–Crippen LogP) is 11.3. The first kappa shape index (κ1) is 50.4. The largest absolute Gasteiger partial charge is 0.378 e. The topological polar surface area (TPSA) is 118 Å². The first-order valence-electron chi connectivity index (χ1n) is 26.0. The molecule has 4 saturated carbocycles. The van der Waals surface area contributed by atoms with Gasteiger partial charge in [0.25, 0.3) is 0 Å². The molecule has 4 unspecified atom stereocenters. The average molecular weight is 817 g/mol. The van der Waals surface area contributed by atoms with E-state index in [2.05, 4.69) is 33.0 Å². The highest BCUT2D eigenvalue weighted by molar-refractivity contribution is 5.15. The zero-order valence-electron chi connectivity index (χ0n) is 39.1. The number of ether oxygens (including phenoxy) is 3. The molecule has 7 N–H and O–H groups in total. The van der Waals surface area contributed by atoms with Gasteiger partial charge in [0.1, 0.15) is 0 Å². The van der Waals surface area contributed by atoms with Crippen LogP contribution >= 0.6 is 0 Å². The molecule has 0 spiro atoms. The van der Waals surface area contributed by atoms with Crippen LogP contribution in [0.4, 0.5) is 0 Å². The van der Waals surface area contributed by atoms with Crippen LogP contribution < -0.4 is 22.5 Å². The minimum atomic E-state index is 0.178. The second-order valence-electron chi connectivity index (χ2n) is 20.6. The molecule has 4 aliphatic carbocycles. The summed E-state index contributed by atoms with van der Waals surface area (Å²) in [6.07, 6.45) is 37.9. The summed E-state index contributed by atoms with van der Waals surface area (Å²) in [5, 5.41) is 3.83. The van der Waals surface area contributed by atoms with Crippen LogP contribution in [0.25, 0.3) is 0 Å². The third-order valence-electron chi connectivity index (χ3n) is 16.7. The Labute approximate surface area is 360 Å². The SMILES string of the molecule is CCCCCCCCCCCCCCCCCCNCCCC(C)C1CC[C@H]2C3[C@H](OCCCN)CC4C[C@H](OCCCN)CC[C@]4(C)[C@H]3C[C@H](OCCCN)[C@]12C. The van der Waals surface area contributed by atoms with Gasteiger partial charge in [-0.05, 0) is 157 Å². The lowest BCUT2D eigenvalue weighted by Gasteiger charge is -2.65. The van der Waals surface area contributed by atoms with Crippen molar-refractivity contribution in [3.05, 3.63) is 0 Å². The Hall–Kier alpha value is -0.280. The fourth-order valence-corrected chi connectivity index (χ4v) is 13.3. The highest BCUT2D eigenvalue weighted by Crippen LogP contribution is 2.69. The van der Waals surface area contributed by atoms with Crippen molar-refractivity contribution in [3.63, 3.8) is 0 Å². The van der Waals surface area contributed by atoms with Crippen LogP contribution in [0, 0.1) is 46.3 Å². The quantitative estimate of drug-likeness (QED) is 0.0478. The van der Waals surface area contributed by atoms with Crippen LogP contribution in [0.1, 0.15) is 207 Å². The van der Waals surface area contributed by atoms with Crippen molar-refractivity contribution in [2.75, 3.05) is 52.5 Å². The minimum Gasteiger partial charge on any atom is -0.378 e. The van der Waals surface area contributed by atoms with E-state index < -0.39 is 0 Å². The Bertz CT molecular complexity index is 1030. The molecular weight excluding hydrogens is 717 g/mol. The third-order valence-corrected chi connectivity index (χ3v) is 16.7. The van der Waals surface area contributed by atoms with Gasteiger partial charge in [-0.3, -0.25) is 0 Å². The van der Waals surface area contributed by atoms with E-state index in [1.165, 1.54) is 161 Å². The second-order valence-corrected chi connectivity index (χ2v) is 20.6. The number of nitrogens with two attached hydrogens (primary N) is 3. The molecule has 11 atom stereocenters. The fraction of sp³-hybridized carbons (Fsp3) is 1.00. The Morgan fingerprint density at radius 3 is 1.74 bits per heavy atom. The van der Waals surface area contributed by atoms with Gasteiger partial charge in [0.2, 0.25) is 0 Å². The van der Waals surface area contributed by atoms with E-state index in [0.29, 0.717) is 78.9 Å². The zero-order chi connectivity index (χ0) is 41.5. The normalized spacial score (nSPS) is 32.5. The zero-order valence-corrected chi connectivity index (χ0v) is 39.1. The molecule has 0 aliphatic heterocycles. The van der Waals surface area contributed by atoms with Crippen LogP contribution in [-0.2, 0) is 14.2 Å². The van der Waals surface area contributed by atoms with Gasteiger partial charge in [0.05, 0.1) is 18.3 Å². The van der Waals surface area contributed by atoms with E-state index in [1.54, 1.807) is 0 Å². The second kappa shape index (κ2) is 28.4. The maximum Gasteiger partial charge on any atom is 0.0637 e. The summed E-state index contributed by atoms with van der Waals surface area (Å²) >= 11 is 0. The molecule has 0 radical (unpaired) electrons. The predicted molar refractivity (Wildman–Crippen MR) is 247 cm³/mol. The van der Waals surface area contributed by atoms with Gasteiger partial charge in [0.15, 0.2) is 0 Å². The molecule has 0 heterocycles. The molecule has 4 rings (SSSR count). The number of rotatable bonds is 34. The summed E-state index contributed by atoms with van der Waals surface area (Å²) in [6.45, 7) is 17.0. The monoisotopic (exact) mass is 817 g/mol. The summed E-state index contributed by atoms with van der Waals surface area (Å²) in [7, 11) is 0. The number of hydrogen-bond donors (Lipinski definition) is 4. The molecule has 0 bridgehead atoms. The summed E-state index contributed by atoms with van der Waals surface area (Å²) in [4.78, 5) is 0.